The summed E-state index contributed by atoms with van der Waals surface area (Å²) in [5.41, 5.74) is 0.0314. The van der Waals surface area contributed by atoms with Crippen LogP contribution in [0, 0.1) is 10.1 Å². The van der Waals surface area contributed by atoms with Gasteiger partial charge < -0.3 is 0 Å². The molecule has 1 aromatic heterocycles. The van der Waals surface area contributed by atoms with Gasteiger partial charge in [-0.15, -0.1) is 11.6 Å². The molecule has 4 nitrogen and oxygen atoms in total. The first-order valence-corrected chi connectivity index (χ1v) is 6.45. The number of nitrogens with zero attached hydrogens (tertiary/aromatic N) is 2. The molecule has 0 bridgehead atoms. The number of nitro groups is 1. The predicted octanol–water partition coefficient (Wildman–Crippen LogP) is 3.47. The Kier molecular flexibility index (Phi) is 5.35. The Morgan fingerprint density at radius 3 is 3.00 bits per heavy atom. The molecule has 0 radical (unpaired) electrons. The van der Waals surface area contributed by atoms with E-state index in [1.54, 1.807) is 6.20 Å². The van der Waals surface area contributed by atoms with Crippen molar-refractivity contribution in [3.05, 3.63) is 26.9 Å². The van der Waals surface area contributed by atoms with Crippen LogP contribution in [-0.4, -0.2) is 21.5 Å². The van der Waals surface area contributed by atoms with Gasteiger partial charge in [-0.05, 0) is 22.4 Å². The van der Waals surface area contributed by atoms with Crippen LogP contribution in [0.1, 0.15) is 6.42 Å². The number of alkyl halides is 1. The van der Waals surface area contributed by atoms with Gasteiger partial charge in [-0.1, -0.05) is 11.8 Å². The largest absolute Gasteiger partial charge is 0.302 e. The molecule has 1 rings (SSSR count). The van der Waals surface area contributed by atoms with E-state index in [1.807, 2.05) is 0 Å². The second-order valence-corrected chi connectivity index (χ2v) is 5.00. The first kappa shape index (κ1) is 12.7. The highest BCUT2D eigenvalue weighted by molar-refractivity contribution is 9.10. The van der Waals surface area contributed by atoms with E-state index in [2.05, 4.69) is 20.9 Å². The summed E-state index contributed by atoms with van der Waals surface area (Å²) in [6.07, 6.45) is 2.36. The first-order chi connectivity index (χ1) is 7.15. The van der Waals surface area contributed by atoms with Crippen LogP contribution in [0.25, 0.3) is 0 Å². The summed E-state index contributed by atoms with van der Waals surface area (Å²) >= 11 is 10.0. The van der Waals surface area contributed by atoms with E-state index >= 15 is 0 Å². The lowest BCUT2D eigenvalue weighted by Crippen LogP contribution is -1.94. The Morgan fingerprint density at radius 2 is 2.40 bits per heavy atom. The lowest BCUT2D eigenvalue weighted by atomic mass is 10.4. The molecule has 1 heterocycles. The summed E-state index contributed by atoms with van der Waals surface area (Å²) in [5.74, 6) is 1.29. The van der Waals surface area contributed by atoms with Crippen molar-refractivity contribution < 1.29 is 4.92 Å². The van der Waals surface area contributed by atoms with Gasteiger partial charge >= 0.3 is 5.69 Å². The van der Waals surface area contributed by atoms with E-state index in [1.165, 1.54) is 17.8 Å². The Hall–Kier alpha value is -0.330. The van der Waals surface area contributed by atoms with Crippen molar-refractivity contribution in [2.75, 3.05) is 11.6 Å². The SMILES string of the molecule is O=[N+]([O-])c1cc(Br)cnc1SCCCCl. The molecule has 0 atom stereocenters. The number of halogens is 2. The fourth-order valence-corrected chi connectivity index (χ4v) is 2.38. The van der Waals surface area contributed by atoms with Gasteiger partial charge in [0.2, 0.25) is 0 Å². The number of aromatic nitrogens is 1. The summed E-state index contributed by atoms with van der Waals surface area (Å²) < 4.78 is 0.607. The maximum Gasteiger partial charge on any atom is 0.302 e. The smallest absolute Gasteiger partial charge is 0.258 e. The number of rotatable bonds is 5. The molecular weight excluding hydrogens is 304 g/mol. The maximum absolute atomic E-state index is 10.7. The van der Waals surface area contributed by atoms with Crippen LogP contribution in [0.3, 0.4) is 0 Å². The first-order valence-electron chi connectivity index (χ1n) is 4.14. The third-order valence-electron chi connectivity index (χ3n) is 1.51. The van der Waals surface area contributed by atoms with Crippen molar-refractivity contribution in [3.63, 3.8) is 0 Å². The third kappa shape index (κ3) is 3.96. The van der Waals surface area contributed by atoms with Crippen LogP contribution in [0.4, 0.5) is 5.69 Å². The van der Waals surface area contributed by atoms with Gasteiger partial charge in [0.1, 0.15) is 0 Å². The molecule has 0 amide bonds. The summed E-state index contributed by atoms with van der Waals surface area (Å²) in [7, 11) is 0. The molecule has 15 heavy (non-hydrogen) atoms. The summed E-state index contributed by atoms with van der Waals surface area (Å²) in [6, 6.07) is 1.45. The minimum atomic E-state index is -0.430. The zero-order valence-electron chi connectivity index (χ0n) is 7.65. The summed E-state index contributed by atoms with van der Waals surface area (Å²) in [6.45, 7) is 0. The molecule has 1 aromatic rings. The second-order valence-electron chi connectivity index (χ2n) is 2.63. The van der Waals surface area contributed by atoms with Gasteiger partial charge in [0.25, 0.3) is 0 Å². The molecule has 7 heteroatoms. The highest BCUT2D eigenvalue weighted by atomic mass is 79.9. The zero-order valence-corrected chi connectivity index (χ0v) is 10.8. The molecule has 0 N–H and O–H groups in total. The molecule has 0 aliphatic rings. The molecule has 0 aliphatic carbocycles. The van der Waals surface area contributed by atoms with E-state index in [-0.39, 0.29) is 5.69 Å². The summed E-state index contributed by atoms with van der Waals surface area (Å²) in [5, 5.41) is 11.2. The number of hydrogen-bond donors (Lipinski definition) is 0. The number of hydrogen-bond acceptors (Lipinski definition) is 4. The van der Waals surface area contributed by atoms with E-state index in [0.717, 1.165) is 12.2 Å². The Morgan fingerprint density at radius 1 is 1.67 bits per heavy atom. The molecule has 0 saturated carbocycles. The predicted molar refractivity (Wildman–Crippen MR) is 64.7 cm³/mol. The fourth-order valence-electron chi connectivity index (χ4n) is 0.881. The zero-order chi connectivity index (χ0) is 11.3. The normalized spacial score (nSPS) is 10.3. The van der Waals surface area contributed by atoms with Crippen molar-refractivity contribution in [3.8, 4) is 0 Å². The standard InChI is InChI=1S/C8H8BrClN2O2S/c9-6-4-7(12(13)14)8(11-5-6)15-3-1-2-10/h4-5H,1-3H2. The molecular formula is C8H8BrClN2O2S. The van der Waals surface area contributed by atoms with Gasteiger partial charge in [0.05, 0.1) is 4.92 Å². The van der Waals surface area contributed by atoms with Crippen molar-refractivity contribution in [2.24, 2.45) is 0 Å². The number of thioether (sulfide) groups is 1. The van der Waals surface area contributed by atoms with Gasteiger partial charge in [0, 0.05) is 28.4 Å². The van der Waals surface area contributed by atoms with Crippen molar-refractivity contribution >= 4 is 45.0 Å². The topological polar surface area (TPSA) is 56.0 Å². The fraction of sp³-hybridized carbons (Fsp3) is 0.375. The number of pyridine rings is 1. The van der Waals surface area contributed by atoms with Crippen molar-refractivity contribution in [2.45, 2.75) is 11.4 Å². The van der Waals surface area contributed by atoms with Crippen LogP contribution < -0.4 is 0 Å². The average Bonchev–Trinajstić information content (AvgIpc) is 2.20. The Balaban J connectivity index is 2.81. The van der Waals surface area contributed by atoms with E-state index < -0.39 is 4.92 Å². The quantitative estimate of drug-likeness (QED) is 0.275. The monoisotopic (exact) mass is 310 g/mol. The molecule has 0 unspecified atom stereocenters. The second kappa shape index (κ2) is 6.30. The lowest BCUT2D eigenvalue weighted by molar-refractivity contribution is -0.388. The van der Waals surface area contributed by atoms with E-state index in [0.29, 0.717) is 15.4 Å². The minimum absolute atomic E-state index is 0.0314. The molecule has 0 aromatic carbocycles. The van der Waals surface area contributed by atoms with Crippen LogP contribution >= 0.6 is 39.3 Å². The molecule has 0 saturated heterocycles. The molecule has 82 valence electrons. The van der Waals surface area contributed by atoms with Gasteiger partial charge in [0.15, 0.2) is 5.03 Å². The van der Waals surface area contributed by atoms with Crippen molar-refractivity contribution in [1.82, 2.24) is 4.98 Å². The molecule has 0 aliphatic heterocycles. The van der Waals surface area contributed by atoms with Gasteiger partial charge in [-0.2, -0.15) is 0 Å². The van der Waals surface area contributed by atoms with Crippen LogP contribution in [0.15, 0.2) is 21.8 Å². The average molecular weight is 312 g/mol. The molecule has 0 spiro atoms. The third-order valence-corrected chi connectivity index (χ3v) is 3.29. The van der Waals surface area contributed by atoms with E-state index in [9.17, 15) is 10.1 Å². The van der Waals surface area contributed by atoms with E-state index in [4.69, 9.17) is 11.6 Å². The minimum Gasteiger partial charge on any atom is -0.258 e. The maximum atomic E-state index is 10.7. The van der Waals surface area contributed by atoms with Crippen LogP contribution in [0.2, 0.25) is 0 Å². The van der Waals surface area contributed by atoms with Gasteiger partial charge in [-0.25, -0.2) is 4.98 Å². The highest BCUT2D eigenvalue weighted by Crippen LogP contribution is 2.29. The lowest BCUT2D eigenvalue weighted by Gasteiger charge is -2.01. The van der Waals surface area contributed by atoms with Gasteiger partial charge in [-0.3, -0.25) is 10.1 Å². The van der Waals surface area contributed by atoms with Crippen LogP contribution in [-0.2, 0) is 0 Å². The Bertz CT molecular complexity index is 364. The molecule has 0 fully saturated rings. The Labute approximate surface area is 105 Å². The van der Waals surface area contributed by atoms with Crippen molar-refractivity contribution in [1.29, 1.82) is 0 Å². The summed E-state index contributed by atoms with van der Waals surface area (Å²) in [4.78, 5) is 14.3. The highest BCUT2D eigenvalue weighted by Gasteiger charge is 2.15. The van der Waals surface area contributed by atoms with Crippen LogP contribution in [0.5, 0.6) is 0 Å².